The van der Waals surface area contributed by atoms with E-state index in [9.17, 15) is 0 Å². The summed E-state index contributed by atoms with van der Waals surface area (Å²) in [6, 6.07) is 0. The molecule has 0 unspecified atom stereocenters. The predicted molar refractivity (Wildman–Crippen MR) is 29.6 cm³/mol. The molecular weight excluding hydrogens is 120 g/mol. The van der Waals surface area contributed by atoms with Gasteiger partial charge in [-0.25, -0.2) is 0 Å². The summed E-state index contributed by atoms with van der Waals surface area (Å²) < 4.78 is 4.23. The molecule has 0 bridgehead atoms. The van der Waals surface area contributed by atoms with E-state index in [2.05, 4.69) is 16.5 Å². The highest BCUT2D eigenvalue weighted by atomic mass is 32.2. The number of rotatable bonds is 3. The lowest BCUT2D eigenvalue weighted by Gasteiger charge is -1.85. The molecule has 0 aliphatic carbocycles. The summed E-state index contributed by atoms with van der Waals surface area (Å²) >= 11 is 4.53. The number of aliphatic hydroxyl groups is 1. The molecule has 0 radical (unpaired) electrons. The number of thiol groups is 1. The third-order valence-corrected chi connectivity index (χ3v) is 0.998. The first kappa shape index (κ1) is 6.62. The van der Waals surface area contributed by atoms with E-state index >= 15 is 0 Å². The molecule has 0 saturated carbocycles. The zero-order valence-electron chi connectivity index (χ0n) is 3.13. The van der Waals surface area contributed by atoms with Crippen molar-refractivity contribution in [2.24, 2.45) is 0 Å². The topological polar surface area (TPSA) is 29.5 Å². The van der Waals surface area contributed by atoms with Crippen molar-refractivity contribution in [2.75, 3.05) is 12.4 Å². The second-order valence-electron chi connectivity index (χ2n) is 0.620. The van der Waals surface area contributed by atoms with Crippen molar-refractivity contribution in [2.45, 2.75) is 0 Å². The van der Waals surface area contributed by atoms with Gasteiger partial charge in [-0.05, 0) is 12.9 Å². The van der Waals surface area contributed by atoms with E-state index in [1.165, 1.54) is 0 Å². The Balaban J connectivity index is 2.34. The van der Waals surface area contributed by atoms with Gasteiger partial charge in [-0.2, -0.15) is 0 Å². The molecule has 0 rings (SSSR count). The van der Waals surface area contributed by atoms with Crippen LogP contribution in [0.4, 0.5) is 0 Å². The fourth-order valence-electron chi connectivity index (χ4n) is 0.0745. The van der Waals surface area contributed by atoms with E-state index in [0.717, 1.165) is 12.0 Å². The molecular formula is C2H6O2S2. The highest BCUT2D eigenvalue weighted by molar-refractivity contribution is 8.01. The van der Waals surface area contributed by atoms with Gasteiger partial charge in [0.2, 0.25) is 0 Å². The van der Waals surface area contributed by atoms with Crippen LogP contribution in [-0.4, -0.2) is 17.5 Å². The van der Waals surface area contributed by atoms with Gasteiger partial charge in [0.15, 0.2) is 0 Å². The minimum atomic E-state index is 0.144. The van der Waals surface area contributed by atoms with E-state index in [1.807, 2.05) is 0 Å². The van der Waals surface area contributed by atoms with Gasteiger partial charge in [-0.3, -0.25) is 3.63 Å². The minimum Gasteiger partial charge on any atom is -0.395 e. The first-order valence-corrected chi connectivity index (χ1v) is 2.73. The Labute approximate surface area is 46.7 Å². The van der Waals surface area contributed by atoms with Gasteiger partial charge >= 0.3 is 0 Å². The third kappa shape index (κ3) is 4.62. The first-order chi connectivity index (χ1) is 2.91. The summed E-state index contributed by atoms with van der Waals surface area (Å²) in [6.07, 6.45) is 0. The number of hydrogen-bond acceptors (Lipinski definition) is 4. The summed E-state index contributed by atoms with van der Waals surface area (Å²) in [5.74, 6) is 0.587. The van der Waals surface area contributed by atoms with Crippen LogP contribution in [0.1, 0.15) is 0 Å². The van der Waals surface area contributed by atoms with Gasteiger partial charge < -0.3 is 5.11 Å². The van der Waals surface area contributed by atoms with Crippen LogP contribution in [0.15, 0.2) is 0 Å². The van der Waals surface area contributed by atoms with Crippen molar-refractivity contribution in [3.05, 3.63) is 0 Å². The third-order valence-electron chi connectivity index (χ3n) is 0.227. The Bertz CT molecular complexity index is 21.5. The Kier molecular flexibility index (Phi) is 6.20. The molecule has 2 nitrogen and oxygen atoms in total. The minimum absolute atomic E-state index is 0.144. The zero-order chi connectivity index (χ0) is 4.83. The van der Waals surface area contributed by atoms with Crippen LogP contribution < -0.4 is 0 Å². The zero-order valence-corrected chi connectivity index (χ0v) is 4.84. The lowest BCUT2D eigenvalue weighted by Crippen LogP contribution is -1.82. The Morgan fingerprint density at radius 2 is 2.50 bits per heavy atom. The molecule has 1 N–H and O–H groups in total. The first-order valence-electron chi connectivity index (χ1n) is 1.45. The molecule has 6 heavy (non-hydrogen) atoms. The second-order valence-corrected chi connectivity index (χ2v) is 1.86. The van der Waals surface area contributed by atoms with Crippen LogP contribution in [0.5, 0.6) is 0 Å². The van der Waals surface area contributed by atoms with Crippen LogP contribution in [0.25, 0.3) is 0 Å². The van der Waals surface area contributed by atoms with E-state index in [0.29, 0.717) is 5.75 Å². The average molecular weight is 126 g/mol. The second kappa shape index (κ2) is 5.62. The Morgan fingerprint density at radius 1 is 1.83 bits per heavy atom. The van der Waals surface area contributed by atoms with Crippen molar-refractivity contribution in [1.82, 2.24) is 0 Å². The summed E-state index contributed by atoms with van der Waals surface area (Å²) in [4.78, 5) is 0. The Hall–Kier alpha value is 0.620. The molecule has 0 saturated heterocycles. The largest absolute Gasteiger partial charge is 0.395 e. The molecule has 0 aliphatic heterocycles. The smallest absolute Gasteiger partial charge is 0.0544 e. The number of hydrogen-bond donors (Lipinski definition) is 2. The fourth-order valence-corrected chi connectivity index (χ4v) is 0.447. The molecule has 0 amide bonds. The van der Waals surface area contributed by atoms with Crippen LogP contribution in [-0.2, 0) is 3.63 Å². The molecule has 0 heterocycles. The monoisotopic (exact) mass is 126 g/mol. The number of aliphatic hydroxyl groups excluding tert-OH is 1. The summed E-state index contributed by atoms with van der Waals surface area (Å²) in [5, 5.41) is 8.06. The van der Waals surface area contributed by atoms with Crippen molar-refractivity contribution < 1.29 is 8.74 Å². The summed E-state index contributed by atoms with van der Waals surface area (Å²) in [5.41, 5.74) is 0. The van der Waals surface area contributed by atoms with Gasteiger partial charge in [0.05, 0.1) is 6.61 Å². The highest BCUT2D eigenvalue weighted by Gasteiger charge is 1.77. The maximum atomic E-state index is 8.06. The molecule has 38 valence electrons. The summed E-state index contributed by atoms with van der Waals surface area (Å²) in [6.45, 7) is 0.144. The van der Waals surface area contributed by atoms with Crippen LogP contribution in [0.2, 0.25) is 0 Å². The molecule has 0 atom stereocenters. The maximum Gasteiger partial charge on any atom is 0.0544 e. The fraction of sp³-hybridized carbons (Fsp3) is 1.00. The quantitative estimate of drug-likeness (QED) is 0.327. The lowest BCUT2D eigenvalue weighted by atomic mass is 10.9. The van der Waals surface area contributed by atoms with E-state index in [-0.39, 0.29) is 6.61 Å². The maximum absolute atomic E-state index is 8.06. The average Bonchev–Trinajstić information content (AvgIpc) is 1.61. The Morgan fingerprint density at radius 3 is 2.67 bits per heavy atom. The van der Waals surface area contributed by atoms with Gasteiger partial charge in [-0.1, -0.05) is 0 Å². The van der Waals surface area contributed by atoms with Gasteiger partial charge in [-0.15, -0.1) is 0 Å². The van der Waals surface area contributed by atoms with Gasteiger partial charge in [0.1, 0.15) is 0 Å². The SMILES string of the molecule is OCCSOS. The standard InChI is InChI=1S/C2H6O2S2/c3-1-2-6-4-5/h3,5H,1-2H2. The molecule has 0 aliphatic rings. The summed E-state index contributed by atoms with van der Waals surface area (Å²) in [7, 11) is 0. The van der Waals surface area contributed by atoms with Crippen LogP contribution in [0.3, 0.4) is 0 Å². The van der Waals surface area contributed by atoms with Crippen LogP contribution >= 0.6 is 25.0 Å². The van der Waals surface area contributed by atoms with Crippen molar-refractivity contribution in [3.63, 3.8) is 0 Å². The molecule has 0 aromatic carbocycles. The van der Waals surface area contributed by atoms with E-state index in [1.54, 1.807) is 0 Å². The van der Waals surface area contributed by atoms with E-state index in [4.69, 9.17) is 5.11 Å². The molecule has 0 aromatic heterocycles. The van der Waals surface area contributed by atoms with Crippen molar-refractivity contribution in [3.8, 4) is 0 Å². The normalized spacial score (nSPS) is 9.00. The molecule has 0 fully saturated rings. The van der Waals surface area contributed by atoms with Crippen molar-refractivity contribution in [1.29, 1.82) is 0 Å². The van der Waals surface area contributed by atoms with Crippen molar-refractivity contribution >= 4 is 25.0 Å². The van der Waals surface area contributed by atoms with Gasteiger partial charge in [0, 0.05) is 17.8 Å². The van der Waals surface area contributed by atoms with E-state index < -0.39 is 0 Å². The molecule has 0 spiro atoms. The molecule has 4 heteroatoms. The van der Waals surface area contributed by atoms with Crippen LogP contribution in [0, 0.1) is 0 Å². The van der Waals surface area contributed by atoms with Gasteiger partial charge in [0.25, 0.3) is 0 Å². The highest BCUT2D eigenvalue weighted by Crippen LogP contribution is 2.01. The molecule has 0 aromatic rings. The lowest BCUT2D eigenvalue weighted by molar-refractivity contribution is 0.321. The predicted octanol–water partition coefficient (Wildman–Crippen LogP) is 0.488.